The molecule has 1 heterocycles. The van der Waals surface area contributed by atoms with Crippen LogP contribution in [0.15, 0.2) is 52.5 Å². The van der Waals surface area contributed by atoms with Crippen LogP contribution in [-0.4, -0.2) is 36.4 Å². The van der Waals surface area contributed by atoms with Crippen molar-refractivity contribution in [3.63, 3.8) is 0 Å². The number of para-hydroxylation sites is 1. The summed E-state index contributed by atoms with van der Waals surface area (Å²) in [6.45, 7) is -0.525. The van der Waals surface area contributed by atoms with Crippen molar-refractivity contribution in [3.8, 4) is 5.75 Å². The maximum atomic E-state index is 12.7. The zero-order valence-electron chi connectivity index (χ0n) is 15.5. The van der Waals surface area contributed by atoms with Crippen molar-refractivity contribution in [1.82, 2.24) is 5.43 Å². The average molecular weight is 476 g/mol. The van der Waals surface area contributed by atoms with E-state index in [1.54, 1.807) is 30.3 Å². The van der Waals surface area contributed by atoms with Gasteiger partial charge in [0.2, 0.25) is 5.75 Å². The largest absolute Gasteiger partial charge is 0.474 e. The molecule has 2 amide bonds. The van der Waals surface area contributed by atoms with Gasteiger partial charge in [-0.2, -0.15) is 0 Å². The van der Waals surface area contributed by atoms with Gasteiger partial charge in [0.15, 0.2) is 6.61 Å². The molecule has 2 aromatic carbocycles. The third-order valence-electron chi connectivity index (χ3n) is 4.02. The van der Waals surface area contributed by atoms with E-state index in [1.807, 2.05) is 0 Å². The summed E-state index contributed by atoms with van der Waals surface area (Å²) in [5.74, 6) is -2.14. The van der Waals surface area contributed by atoms with Crippen LogP contribution in [0.1, 0.15) is 5.56 Å². The molecular formula is C19H14BrN3O7. The van der Waals surface area contributed by atoms with Crippen molar-refractivity contribution in [3.05, 3.63) is 68.2 Å². The Labute approximate surface area is 178 Å². The van der Waals surface area contributed by atoms with E-state index in [0.29, 0.717) is 5.69 Å². The number of nitro groups is 1. The number of benzene rings is 2. The van der Waals surface area contributed by atoms with Crippen molar-refractivity contribution >= 4 is 51.2 Å². The number of hydrazine groups is 1. The molecule has 0 aromatic heterocycles. The molecule has 0 spiro atoms. The van der Waals surface area contributed by atoms with Crippen LogP contribution in [-0.2, 0) is 19.1 Å². The lowest BCUT2D eigenvalue weighted by Gasteiger charge is -2.13. The Bertz CT molecular complexity index is 1070. The van der Waals surface area contributed by atoms with Gasteiger partial charge in [0.1, 0.15) is 5.57 Å². The van der Waals surface area contributed by atoms with Crippen molar-refractivity contribution < 1.29 is 28.8 Å². The lowest BCUT2D eigenvalue weighted by atomic mass is 10.1. The first-order chi connectivity index (χ1) is 14.3. The Morgan fingerprint density at radius 1 is 1.27 bits per heavy atom. The van der Waals surface area contributed by atoms with E-state index in [0.717, 1.165) is 18.2 Å². The molecule has 1 fully saturated rings. The number of nitro benzene ring substituents is 1. The van der Waals surface area contributed by atoms with Crippen LogP contribution < -0.4 is 15.2 Å². The van der Waals surface area contributed by atoms with Gasteiger partial charge in [-0.3, -0.25) is 25.1 Å². The highest BCUT2D eigenvalue weighted by Crippen LogP contribution is 2.37. The summed E-state index contributed by atoms with van der Waals surface area (Å²) in [5.41, 5.74) is 2.49. The van der Waals surface area contributed by atoms with Gasteiger partial charge in [0.05, 0.1) is 22.2 Å². The van der Waals surface area contributed by atoms with Gasteiger partial charge in [-0.15, -0.1) is 0 Å². The zero-order chi connectivity index (χ0) is 21.8. The number of nitrogens with zero attached hydrogens (tertiary/aromatic N) is 2. The molecule has 0 saturated carbocycles. The summed E-state index contributed by atoms with van der Waals surface area (Å²) in [5, 5.41) is 12.5. The fourth-order valence-electron chi connectivity index (χ4n) is 2.63. The smallest absolute Gasteiger partial charge is 0.343 e. The summed E-state index contributed by atoms with van der Waals surface area (Å²) in [6, 6.07) is 11.1. The van der Waals surface area contributed by atoms with E-state index in [-0.39, 0.29) is 21.4 Å². The number of hydrogen-bond acceptors (Lipinski definition) is 7. The fourth-order valence-corrected chi connectivity index (χ4v) is 3.22. The normalized spacial score (nSPS) is 14.6. The second-order valence-corrected chi connectivity index (χ2v) is 6.80. The summed E-state index contributed by atoms with van der Waals surface area (Å²) in [6.07, 6.45) is 1.24. The summed E-state index contributed by atoms with van der Waals surface area (Å²) < 4.78 is 9.80. The number of halogens is 1. The number of esters is 1. The van der Waals surface area contributed by atoms with E-state index in [1.165, 1.54) is 12.1 Å². The molecule has 30 heavy (non-hydrogen) atoms. The molecule has 0 aliphatic carbocycles. The molecule has 0 atom stereocenters. The zero-order valence-corrected chi connectivity index (χ0v) is 17.0. The second-order valence-electron chi connectivity index (χ2n) is 5.95. The number of carbonyl (C=O) groups is 3. The first-order valence-corrected chi connectivity index (χ1v) is 9.21. The van der Waals surface area contributed by atoms with Gasteiger partial charge < -0.3 is 9.47 Å². The van der Waals surface area contributed by atoms with Gasteiger partial charge in [0.25, 0.3) is 11.8 Å². The molecule has 3 rings (SSSR count). The van der Waals surface area contributed by atoms with Gasteiger partial charge in [-0.05, 0) is 45.8 Å². The van der Waals surface area contributed by atoms with Crippen LogP contribution in [0.5, 0.6) is 5.75 Å². The molecule has 1 N–H and O–H groups in total. The van der Waals surface area contributed by atoms with Crippen molar-refractivity contribution in [2.45, 2.75) is 0 Å². The standard InChI is InChI=1S/C19H14BrN3O7/c1-29-16(24)10-30-17-14(20)8-11(9-15(17)23(27)28)7-13-18(25)21-22(19(13)26)12-5-3-2-4-6-12/h2-9H,10H2,1H3,(H,21,25)/b13-7-. The third kappa shape index (κ3) is 4.30. The van der Waals surface area contributed by atoms with E-state index < -0.39 is 35.0 Å². The lowest BCUT2D eigenvalue weighted by molar-refractivity contribution is -0.385. The first kappa shape index (κ1) is 21.0. The highest BCUT2D eigenvalue weighted by atomic mass is 79.9. The van der Waals surface area contributed by atoms with Crippen LogP contribution in [0.4, 0.5) is 11.4 Å². The first-order valence-electron chi connectivity index (χ1n) is 8.41. The van der Waals surface area contributed by atoms with Crippen molar-refractivity contribution in [2.75, 3.05) is 18.7 Å². The third-order valence-corrected chi connectivity index (χ3v) is 4.61. The molecule has 10 nitrogen and oxygen atoms in total. The molecule has 1 saturated heterocycles. The predicted octanol–water partition coefficient (Wildman–Crippen LogP) is 2.37. The maximum absolute atomic E-state index is 12.7. The van der Waals surface area contributed by atoms with Gasteiger partial charge in [-0.25, -0.2) is 9.80 Å². The minimum atomic E-state index is -0.711. The molecule has 154 valence electrons. The Kier molecular flexibility index (Phi) is 6.11. The van der Waals surface area contributed by atoms with Crippen LogP contribution in [0.2, 0.25) is 0 Å². The minimum Gasteiger partial charge on any atom is -0.474 e. The second kappa shape index (κ2) is 8.74. The highest BCUT2D eigenvalue weighted by Gasteiger charge is 2.34. The minimum absolute atomic E-state index is 0.165. The fraction of sp³-hybridized carbons (Fsp3) is 0.105. The van der Waals surface area contributed by atoms with Gasteiger partial charge >= 0.3 is 11.7 Å². The predicted molar refractivity (Wildman–Crippen MR) is 108 cm³/mol. The summed E-state index contributed by atoms with van der Waals surface area (Å²) in [7, 11) is 1.16. The molecule has 0 unspecified atom stereocenters. The Morgan fingerprint density at radius 3 is 2.60 bits per heavy atom. The number of carbonyl (C=O) groups excluding carboxylic acids is 3. The molecular weight excluding hydrogens is 462 g/mol. The van der Waals surface area contributed by atoms with Gasteiger partial charge in [0, 0.05) is 6.07 Å². The van der Waals surface area contributed by atoms with Crippen LogP contribution >= 0.6 is 15.9 Å². The van der Waals surface area contributed by atoms with E-state index in [9.17, 15) is 24.5 Å². The SMILES string of the molecule is COC(=O)COc1c(Br)cc(/C=C2/C(=O)NN(c3ccccc3)C2=O)cc1[N+](=O)[O-]. The van der Waals surface area contributed by atoms with Crippen molar-refractivity contribution in [1.29, 1.82) is 0 Å². The molecule has 0 bridgehead atoms. The summed E-state index contributed by atoms with van der Waals surface area (Å²) in [4.78, 5) is 47.0. The van der Waals surface area contributed by atoms with Crippen LogP contribution in [0.25, 0.3) is 6.08 Å². The monoisotopic (exact) mass is 475 g/mol. The number of methoxy groups -OCH3 is 1. The Balaban J connectivity index is 1.95. The highest BCUT2D eigenvalue weighted by molar-refractivity contribution is 9.10. The average Bonchev–Trinajstić information content (AvgIpc) is 3.01. The van der Waals surface area contributed by atoms with E-state index in [4.69, 9.17) is 4.74 Å². The number of ether oxygens (including phenoxy) is 2. The summed E-state index contributed by atoms with van der Waals surface area (Å²) >= 11 is 3.16. The quantitative estimate of drug-likeness (QED) is 0.223. The number of anilines is 1. The maximum Gasteiger partial charge on any atom is 0.343 e. The lowest BCUT2D eigenvalue weighted by Crippen LogP contribution is -2.35. The van der Waals surface area contributed by atoms with Crippen LogP contribution in [0.3, 0.4) is 0 Å². The molecule has 0 radical (unpaired) electrons. The topological polar surface area (TPSA) is 128 Å². The Morgan fingerprint density at radius 2 is 1.97 bits per heavy atom. The van der Waals surface area contributed by atoms with Crippen molar-refractivity contribution in [2.24, 2.45) is 0 Å². The van der Waals surface area contributed by atoms with E-state index in [2.05, 4.69) is 26.1 Å². The molecule has 1 aliphatic rings. The molecule has 1 aliphatic heterocycles. The molecule has 2 aromatic rings. The number of rotatable bonds is 6. The number of amides is 2. The number of hydrogen-bond donors (Lipinski definition) is 1. The number of nitrogens with one attached hydrogen (secondary N) is 1. The van der Waals surface area contributed by atoms with Crippen LogP contribution in [0, 0.1) is 10.1 Å². The Hall–Kier alpha value is -3.73. The van der Waals surface area contributed by atoms with Gasteiger partial charge in [-0.1, -0.05) is 18.2 Å². The molecule has 11 heteroatoms. The van der Waals surface area contributed by atoms with E-state index >= 15 is 0 Å².